The highest BCUT2D eigenvalue weighted by atomic mass is 32.1. The van der Waals surface area contributed by atoms with Crippen LogP contribution in [-0.4, -0.2) is 31.1 Å². The maximum atomic E-state index is 11.8. The zero-order valence-corrected chi connectivity index (χ0v) is 14.8. The fourth-order valence-corrected chi connectivity index (χ4v) is 3.68. The minimum Gasteiger partial charge on any atom is -0.465 e. The van der Waals surface area contributed by atoms with E-state index in [1.807, 2.05) is 13.0 Å². The number of likely N-dealkylation sites (N-methyl/N-ethyl adjacent to an activating group) is 1. The summed E-state index contributed by atoms with van der Waals surface area (Å²) in [5.41, 5.74) is 8.78. The van der Waals surface area contributed by atoms with E-state index in [4.69, 9.17) is 10.5 Å². The summed E-state index contributed by atoms with van der Waals surface area (Å²) in [6, 6.07) is 10.5. The molecule has 0 aliphatic rings. The van der Waals surface area contributed by atoms with E-state index in [-0.39, 0.29) is 5.97 Å². The summed E-state index contributed by atoms with van der Waals surface area (Å²) in [5.74, 6) is -0.348. The van der Waals surface area contributed by atoms with E-state index in [1.54, 1.807) is 0 Å². The molecule has 0 bridgehead atoms. The third-order valence-corrected chi connectivity index (χ3v) is 5.19. The van der Waals surface area contributed by atoms with Crippen molar-refractivity contribution in [1.29, 1.82) is 0 Å². The predicted molar refractivity (Wildman–Crippen MR) is 95.9 cm³/mol. The highest BCUT2D eigenvalue weighted by Crippen LogP contribution is 2.31. The molecule has 0 fully saturated rings. The van der Waals surface area contributed by atoms with Crippen molar-refractivity contribution >= 4 is 22.3 Å². The third-order valence-electron chi connectivity index (χ3n) is 4.01. The first-order chi connectivity index (χ1) is 11.1. The summed E-state index contributed by atoms with van der Waals surface area (Å²) in [6.07, 6.45) is 0.887. The molecular weight excluding hydrogens is 308 g/mol. The SMILES string of the molecule is CCN(CCc1sc(N)c(C(=O)OC)c1C)Cc1ccccc1. The van der Waals surface area contributed by atoms with E-state index in [2.05, 4.69) is 36.1 Å². The second kappa shape index (κ2) is 8.13. The second-order valence-electron chi connectivity index (χ2n) is 5.49. The topological polar surface area (TPSA) is 55.6 Å². The highest BCUT2D eigenvalue weighted by Gasteiger charge is 2.20. The number of nitrogen functional groups attached to an aromatic ring is 1. The lowest BCUT2D eigenvalue weighted by Crippen LogP contribution is -2.25. The van der Waals surface area contributed by atoms with Crippen molar-refractivity contribution < 1.29 is 9.53 Å². The Hall–Kier alpha value is -1.85. The van der Waals surface area contributed by atoms with Gasteiger partial charge in [-0.1, -0.05) is 37.3 Å². The van der Waals surface area contributed by atoms with Crippen LogP contribution in [0.15, 0.2) is 30.3 Å². The van der Waals surface area contributed by atoms with Gasteiger partial charge < -0.3 is 10.5 Å². The predicted octanol–water partition coefficient (Wildman–Crippen LogP) is 3.49. The molecule has 1 heterocycles. The number of carbonyl (C=O) groups excluding carboxylic acids is 1. The lowest BCUT2D eigenvalue weighted by molar-refractivity contribution is 0.0601. The number of hydrogen-bond donors (Lipinski definition) is 1. The molecule has 2 rings (SSSR count). The average molecular weight is 332 g/mol. The van der Waals surface area contributed by atoms with Crippen LogP contribution in [0, 0.1) is 6.92 Å². The smallest absolute Gasteiger partial charge is 0.341 e. The number of nitrogens with two attached hydrogens (primary N) is 1. The van der Waals surface area contributed by atoms with Crippen molar-refractivity contribution in [2.24, 2.45) is 0 Å². The zero-order valence-electron chi connectivity index (χ0n) is 14.0. The van der Waals surface area contributed by atoms with Gasteiger partial charge in [0, 0.05) is 18.0 Å². The molecule has 0 aliphatic carbocycles. The van der Waals surface area contributed by atoms with Crippen LogP contribution in [0.3, 0.4) is 0 Å². The number of nitrogens with zero attached hydrogens (tertiary/aromatic N) is 1. The van der Waals surface area contributed by atoms with E-state index in [9.17, 15) is 4.79 Å². The van der Waals surface area contributed by atoms with Crippen molar-refractivity contribution in [3.8, 4) is 0 Å². The van der Waals surface area contributed by atoms with Crippen LogP contribution in [0.4, 0.5) is 5.00 Å². The van der Waals surface area contributed by atoms with Crippen LogP contribution >= 0.6 is 11.3 Å². The normalized spacial score (nSPS) is 11.0. The Labute approximate surface area is 141 Å². The number of benzene rings is 1. The number of rotatable bonds is 7. The van der Waals surface area contributed by atoms with Crippen molar-refractivity contribution in [3.05, 3.63) is 51.9 Å². The standard InChI is InChI=1S/C18H24N2O2S/c1-4-20(12-14-8-6-5-7-9-14)11-10-15-13(2)16(17(19)23-15)18(21)22-3/h5-9H,4,10-12,19H2,1-3H3. The van der Waals surface area contributed by atoms with Crippen LogP contribution in [0.1, 0.15) is 33.3 Å². The van der Waals surface area contributed by atoms with Gasteiger partial charge >= 0.3 is 5.97 Å². The molecule has 4 nitrogen and oxygen atoms in total. The van der Waals surface area contributed by atoms with Crippen LogP contribution in [0.25, 0.3) is 0 Å². The average Bonchev–Trinajstić information content (AvgIpc) is 2.85. The molecule has 1 aromatic heterocycles. The number of thiophene rings is 1. The van der Waals surface area contributed by atoms with Gasteiger partial charge in [-0.25, -0.2) is 4.79 Å². The Bertz CT molecular complexity index is 653. The van der Waals surface area contributed by atoms with E-state index in [0.29, 0.717) is 10.6 Å². The quantitative estimate of drug-likeness (QED) is 0.789. The van der Waals surface area contributed by atoms with Gasteiger partial charge in [-0.2, -0.15) is 0 Å². The van der Waals surface area contributed by atoms with Gasteiger partial charge in [0.05, 0.1) is 12.7 Å². The fraction of sp³-hybridized carbons (Fsp3) is 0.389. The minimum atomic E-state index is -0.348. The first-order valence-corrected chi connectivity index (χ1v) is 8.60. The number of esters is 1. The van der Waals surface area contributed by atoms with Gasteiger partial charge in [0.2, 0.25) is 0 Å². The zero-order chi connectivity index (χ0) is 16.8. The number of carbonyl (C=O) groups is 1. The van der Waals surface area contributed by atoms with E-state index < -0.39 is 0 Å². The first-order valence-electron chi connectivity index (χ1n) is 7.79. The minimum absolute atomic E-state index is 0.348. The van der Waals surface area contributed by atoms with Gasteiger partial charge in [0.25, 0.3) is 0 Å². The molecule has 5 heteroatoms. The largest absolute Gasteiger partial charge is 0.465 e. The van der Waals surface area contributed by atoms with Gasteiger partial charge in [-0.15, -0.1) is 11.3 Å². The monoisotopic (exact) mass is 332 g/mol. The first kappa shape index (κ1) is 17.5. The van der Waals surface area contributed by atoms with Crippen molar-refractivity contribution in [1.82, 2.24) is 4.90 Å². The van der Waals surface area contributed by atoms with E-state index in [1.165, 1.54) is 24.0 Å². The Kier molecular flexibility index (Phi) is 6.19. The molecule has 23 heavy (non-hydrogen) atoms. The number of hydrogen-bond acceptors (Lipinski definition) is 5. The van der Waals surface area contributed by atoms with Gasteiger partial charge in [0.15, 0.2) is 0 Å². The molecule has 1 aromatic carbocycles. The van der Waals surface area contributed by atoms with Crippen LogP contribution in [-0.2, 0) is 17.7 Å². The summed E-state index contributed by atoms with van der Waals surface area (Å²) >= 11 is 1.49. The summed E-state index contributed by atoms with van der Waals surface area (Å²) in [4.78, 5) is 15.4. The Morgan fingerprint density at radius 2 is 2.00 bits per heavy atom. The summed E-state index contributed by atoms with van der Waals surface area (Å²) in [5, 5.41) is 0.551. The molecule has 0 atom stereocenters. The van der Waals surface area contributed by atoms with E-state index >= 15 is 0 Å². The molecule has 124 valence electrons. The maximum absolute atomic E-state index is 11.8. The molecule has 2 aromatic rings. The number of ether oxygens (including phenoxy) is 1. The van der Waals surface area contributed by atoms with E-state index in [0.717, 1.165) is 36.5 Å². The molecule has 2 N–H and O–H groups in total. The molecule has 0 saturated carbocycles. The van der Waals surface area contributed by atoms with Crippen molar-refractivity contribution in [2.45, 2.75) is 26.8 Å². The third kappa shape index (κ3) is 4.33. The Morgan fingerprint density at radius 3 is 2.61 bits per heavy atom. The van der Waals surface area contributed by atoms with Crippen LogP contribution < -0.4 is 5.73 Å². The van der Waals surface area contributed by atoms with Gasteiger partial charge in [-0.3, -0.25) is 4.90 Å². The Balaban J connectivity index is 2.03. The molecule has 0 radical (unpaired) electrons. The Morgan fingerprint density at radius 1 is 1.30 bits per heavy atom. The fourth-order valence-electron chi connectivity index (χ4n) is 2.63. The lowest BCUT2D eigenvalue weighted by Gasteiger charge is -2.20. The van der Waals surface area contributed by atoms with Crippen molar-refractivity contribution in [2.75, 3.05) is 25.9 Å². The summed E-state index contributed by atoms with van der Waals surface area (Å²) < 4.78 is 4.81. The molecule has 0 spiro atoms. The van der Waals surface area contributed by atoms with Crippen molar-refractivity contribution in [3.63, 3.8) is 0 Å². The van der Waals surface area contributed by atoms with Crippen LogP contribution in [0.5, 0.6) is 0 Å². The van der Waals surface area contributed by atoms with Gasteiger partial charge in [-0.05, 0) is 31.0 Å². The lowest BCUT2D eigenvalue weighted by atomic mass is 10.1. The number of anilines is 1. The molecule has 0 amide bonds. The maximum Gasteiger partial charge on any atom is 0.341 e. The summed E-state index contributed by atoms with van der Waals surface area (Å²) in [7, 11) is 1.39. The molecular formula is C18H24N2O2S. The number of methoxy groups -OCH3 is 1. The van der Waals surface area contributed by atoms with Gasteiger partial charge in [0.1, 0.15) is 5.00 Å². The summed E-state index contributed by atoms with van der Waals surface area (Å²) in [6.45, 7) is 6.97. The molecule has 0 saturated heterocycles. The van der Waals surface area contributed by atoms with Crippen LogP contribution in [0.2, 0.25) is 0 Å². The highest BCUT2D eigenvalue weighted by molar-refractivity contribution is 7.16. The second-order valence-corrected chi connectivity index (χ2v) is 6.62. The molecule has 0 aliphatic heterocycles. The molecule has 0 unspecified atom stereocenters.